The molecule has 1 N–H and O–H groups in total. The Morgan fingerprint density at radius 3 is 2.25 bits per heavy atom. The highest BCUT2D eigenvalue weighted by Crippen LogP contribution is 2.12. The molecule has 1 unspecified atom stereocenters. The van der Waals surface area contributed by atoms with Gasteiger partial charge in [-0.15, -0.1) is 0 Å². The quantitative estimate of drug-likeness (QED) is 0.541. The van der Waals surface area contributed by atoms with E-state index in [1.165, 1.54) is 18.9 Å². The van der Waals surface area contributed by atoms with E-state index in [-0.39, 0.29) is 5.97 Å². The second-order valence-corrected chi connectivity index (χ2v) is 4.53. The number of carbonyl (C=O) groups is 2. The Kier molecular flexibility index (Phi) is 14.3. The summed E-state index contributed by atoms with van der Waals surface area (Å²) in [4.78, 5) is 20.6. The van der Waals surface area contributed by atoms with Gasteiger partial charge in [-0.1, -0.05) is 45.8 Å². The van der Waals surface area contributed by atoms with Crippen LogP contribution < -0.4 is 0 Å². The number of rotatable bonds is 8. The molecule has 20 heavy (non-hydrogen) atoms. The maximum atomic E-state index is 10.8. The first-order valence-electron chi connectivity index (χ1n) is 7.08. The van der Waals surface area contributed by atoms with E-state index in [9.17, 15) is 9.59 Å². The fraction of sp³-hybridized carbons (Fsp3) is 0.625. The average molecular weight is 284 g/mol. The van der Waals surface area contributed by atoms with Crippen LogP contribution in [0.2, 0.25) is 0 Å². The molecular weight excluding hydrogens is 256 g/mol. The van der Waals surface area contributed by atoms with Crippen molar-refractivity contribution in [2.24, 2.45) is 5.92 Å². The molecule has 0 aliphatic rings. The van der Waals surface area contributed by atoms with Crippen LogP contribution in [-0.4, -0.2) is 23.7 Å². The first-order valence-corrected chi connectivity index (χ1v) is 7.08. The second-order valence-electron chi connectivity index (χ2n) is 4.53. The lowest BCUT2D eigenvalue weighted by Crippen LogP contribution is -2.12. The van der Waals surface area contributed by atoms with E-state index in [2.05, 4.69) is 20.4 Å². The minimum atomic E-state index is -0.845. The molecule has 4 heteroatoms. The van der Waals surface area contributed by atoms with Gasteiger partial charge in [0.2, 0.25) is 0 Å². The molecule has 4 nitrogen and oxygen atoms in total. The third kappa shape index (κ3) is 12.9. The van der Waals surface area contributed by atoms with Crippen molar-refractivity contribution in [1.29, 1.82) is 0 Å². The van der Waals surface area contributed by atoms with Crippen LogP contribution in [0.3, 0.4) is 0 Å². The number of ether oxygens (including phenoxy) is 1. The summed E-state index contributed by atoms with van der Waals surface area (Å²) in [5.74, 6) is -0.638. The molecule has 0 amide bonds. The smallest absolute Gasteiger partial charge is 0.330 e. The summed E-state index contributed by atoms with van der Waals surface area (Å²) in [6.45, 7) is 11.4. The zero-order chi connectivity index (χ0) is 16.0. The maximum absolute atomic E-state index is 10.8. The fourth-order valence-electron chi connectivity index (χ4n) is 1.28. The van der Waals surface area contributed by atoms with Crippen LogP contribution in [0, 0.1) is 5.92 Å². The Labute approximate surface area is 122 Å². The standard InChI is InChI=1S/C11H20O2.C5H8O2/c1-4-7-8-10(5-2)9-13-11(12)6-3;1-3-4(2)5(6)7/h6,10H,3-5,7-9H2,1-2H3;3H,1-2H3,(H,6,7). The van der Waals surface area contributed by atoms with Gasteiger partial charge in [0.15, 0.2) is 0 Å². The van der Waals surface area contributed by atoms with Crippen molar-refractivity contribution in [3.63, 3.8) is 0 Å². The van der Waals surface area contributed by atoms with Gasteiger partial charge >= 0.3 is 11.9 Å². The summed E-state index contributed by atoms with van der Waals surface area (Å²) < 4.78 is 4.98. The number of esters is 1. The van der Waals surface area contributed by atoms with Crippen molar-refractivity contribution in [2.75, 3.05) is 6.61 Å². The van der Waals surface area contributed by atoms with Crippen molar-refractivity contribution in [1.82, 2.24) is 0 Å². The largest absolute Gasteiger partial charge is 0.478 e. The van der Waals surface area contributed by atoms with Gasteiger partial charge < -0.3 is 9.84 Å². The van der Waals surface area contributed by atoms with Crippen molar-refractivity contribution < 1.29 is 19.4 Å². The molecule has 0 spiro atoms. The molecule has 0 saturated carbocycles. The van der Waals surface area contributed by atoms with Crippen molar-refractivity contribution in [3.05, 3.63) is 24.3 Å². The third-order valence-electron chi connectivity index (χ3n) is 2.94. The lowest BCUT2D eigenvalue weighted by atomic mass is 10.0. The summed E-state index contributed by atoms with van der Waals surface area (Å²) in [6.07, 6.45) is 7.41. The molecule has 0 aliphatic carbocycles. The van der Waals surface area contributed by atoms with Crippen molar-refractivity contribution in [2.45, 2.75) is 53.4 Å². The Hall–Kier alpha value is -1.58. The fourth-order valence-corrected chi connectivity index (χ4v) is 1.28. The zero-order valence-corrected chi connectivity index (χ0v) is 13.1. The number of allylic oxidation sites excluding steroid dienone is 1. The highest BCUT2D eigenvalue weighted by atomic mass is 16.5. The van der Waals surface area contributed by atoms with Crippen molar-refractivity contribution in [3.8, 4) is 0 Å². The summed E-state index contributed by atoms with van der Waals surface area (Å²) in [6, 6.07) is 0. The monoisotopic (exact) mass is 284 g/mol. The number of hydrogen-bond donors (Lipinski definition) is 1. The summed E-state index contributed by atoms with van der Waals surface area (Å²) in [5.41, 5.74) is 0.389. The summed E-state index contributed by atoms with van der Waals surface area (Å²) >= 11 is 0. The molecular formula is C16H28O4. The van der Waals surface area contributed by atoms with Gasteiger partial charge in [-0.2, -0.15) is 0 Å². The predicted octanol–water partition coefficient (Wildman–Crippen LogP) is 3.97. The molecule has 116 valence electrons. The molecule has 0 aliphatic heterocycles. The van der Waals surface area contributed by atoms with Crippen LogP contribution in [0.25, 0.3) is 0 Å². The first-order chi connectivity index (χ1) is 9.42. The summed E-state index contributed by atoms with van der Waals surface area (Å²) in [7, 11) is 0. The van der Waals surface area contributed by atoms with Crippen LogP contribution in [0.15, 0.2) is 24.3 Å². The lowest BCUT2D eigenvalue weighted by molar-refractivity contribution is -0.139. The van der Waals surface area contributed by atoms with E-state index >= 15 is 0 Å². The number of carbonyl (C=O) groups excluding carboxylic acids is 1. The highest BCUT2D eigenvalue weighted by Gasteiger charge is 2.07. The van der Waals surface area contributed by atoms with Crippen LogP contribution in [0.1, 0.15) is 53.4 Å². The average Bonchev–Trinajstić information content (AvgIpc) is 2.46. The maximum Gasteiger partial charge on any atom is 0.330 e. The minimum absolute atomic E-state index is 0.310. The third-order valence-corrected chi connectivity index (χ3v) is 2.94. The molecule has 0 radical (unpaired) electrons. The Morgan fingerprint density at radius 1 is 1.35 bits per heavy atom. The van der Waals surface area contributed by atoms with E-state index in [0.29, 0.717) is 18.1 Å². The van der Waals surface area contributed by atoms with E-state index in [1.807, 2.05) is 0 Å². The van der Waals surface area contributed by atoms with Gasteiger partial charge in [-0.25, -0.2) is 9.59 Å². The van der Waals surface area contributed by atoms with Gasteiger partial charge in [-0.3, -0.25) is 0 Å². The topological polar surface area (TPSA) is 63.6 Å². The van der Waals surface area contributed by atoms with Crippen LogP contribution in [0.5, 0.6) is 0 Å². The van der Waals surface area contributed by atoms with Gasteiger partial charge in [0.05, 0.1) is 6.61 Å². The van der Waals surface area contributed by atoms with Gasteiger partial charge in [0, 0.05) is 11.6 Å². The van der Waals surface area contributed by atoms with Crippen LogP contribution in [-0.2, 0) is 14.3 Å². The molecule has 0 aromatic rings. The van der Waals surface area contributed by atoms with Gasteiger partial charge in [0.1, 0.15) is 0 Å². The Morgan fingerprint density at radius 2 is 1.95 bits per heavy atom. The number of hydrogen-bond acceptors (Lipinski definition) is 3. The van der Waals surface area contributed by atoms with E-state index < -0.39 is 5.97 Å². The first kappa shape index (κ1) is 20.7. The number of aliphatic carboxylic acids is 1. The summed E-state index contributed by atoms with van der Waals surface area (Å²) in [5, 5.41) is 8.11. The molecule has 0 saturated heterocycles. The number of carboxylic acid groups (broad SMARTS) is 1. The Bertz CT molecular complexity index is 318. The van der Waals surface area contributed by atoms with Crippen molar-refractivity contribution >= 4 is 11.9 Å². The normalized spacial score (nSPS) is 11.9. The molecule has 0 fully saturated rings. The van der Waals surface area contributed by atoms with E-state index in [0.717, 1.165) is 12.8 Å². The van der Waals surface area contributed by atoms with Crippen LogP contribution >= 0.6 is 0 Å². The lowest BCUT2D eigenvalue weighted by Gasteiger charge is -2.13. The second kappa shape index (κ2) is 13.8. The van der Waals surface area contributed by atoms with Gasteiger partial charge in [0.25, 0.3) is 0 Å². The number of carboxylic acids is 1. The van der Waals surface area contributed by atoms with Crippen LogP contribution in [0.4, 0.5) is 0 Å². The predicted molar refractivity (Wildman–Crippen MR) is 81.5 cm³/mol. The minimum Gasteiger partial charge on any atom is -0.478 e. The zero-order valence-electron chi connectivity index (χ0n) is 13.1. The molecule has 0 aromatic heterocycles. The SMILES string of the molecule is C=CC(=O)OCC(CC)CCCC.CC=C(C)C(=O)O. The molecule has 1 atom stereocenters. The van der Waals surface area contributed by atoms with E-state index in [4.69, 9.17) is 9.84 Å². The molecule has 0 rings (SSSR count). The molecule has 0 aromatic carbocycles. The molecule has 0 heterocycles. The van der Waals surface area contributed by atoms with E-state index in [1.54, 1.807) is 19.9 Å². The number of unbranched alkanes of at least 4 members (excludes halogenated alkanes) is 1. The molecule has 0 bridgehead atoms. The van der Waals surface area contributed by atoms with Gasteiger partial charge in [-0.05, 0) is 26.2 Å². The highest BCUT2D eigenvalue weighted by molar-refractivity contribution is 5.85. The Balaban J connectivity index is 0.